The number of nitrogens with zero attached hydrogens (tertiary/aromatic N) is 3. The van der Waals surface area contributed by atoms with Crippen LogP contribution in [0.4, 0.5) is 0 Å². The van der Waals surface area contributed by atoms with Gasteiger partial charge in [0.05, 0.1) is 59.7 Å². The van der Waals surface area contributed by atoms with Gasteiger partial charge in [0.2, 0.25) is 5.91 Å². The summed E-state index contributed by atoms with van der Waals surface area (Å²) in [6, 6.07) is -2.10. The van der Waals surface area contributed by atoms with Gasteiger partial charge < -0.3 is 69.3 Å². The second-order valence-corrected chi connectivity index (χ2v) is 22.3. The molecule has 398 valence electrons. The number of carbonyl (C=O) groups excluding carboxylic acids is 2. The van der Waals surface area contributed by atoms with Crippen LogP contribution in [0, 0.1) is 23.7 Å². The highest BCUT2D eigenvalue weighted by Gasteiger charge is 2.53. The molecule has 0 aromatic heterocycles. The van der Waals surface area contributed by atoms with Gasteiger partial charge in [0.15, 0.2) is 12.6 Å². The molecule has 0 unspecified atom stereocenters. The van der Waals surface area contributed by atoms with Crippen LogP contribution >= 0.6 is 0 Å². The molecule has 18 nitrogen and oxygen atoms in total. The summed E-state index contributed by atoms with van der Waals surface area (Å²) in [5.74, 6) is -2.58. The fourth-order valence-corrected chi connectivity index (χ4v) is 11.7. The van der Waals surface area contributed by atoms with Crippen LogP contribution in [-0.2, 0) is 38.0 Å². The maximum Gasteiger partial charge on any atom is 0.311 e. The average Bonchev–Trinajstić information content (AvgIpc) is 3.63. The Hall–Kier alpha value is -1.62. The third-order valence-electron chi connectivity index (χ3n) is 16.1. The molecular formula is C50H94N4O14. The number of carbonyl (C=O) groups is 2. The van der Waals surface area contributed by atoms with E-state index in [1.807, 2.05) is 44.8 Å². The van der Waals surface area contributed by atoms with E-state index in [0.29, 0.717) is 18.9 Å². The predicted molar refractivity (Wildman–Crippen MR) is 256 cm³/mol. The molecule has 4 aliphatic rings. The van der Waals surface area contributed by atoms with E-state index in [9.17, 15) is 40.2 Å². The highest BCUT2D eigenvalue weighted by Crippen LogP contribution is 2.40. The minimum Gasteiger partial charge on any atom is -0.459 e. The average molecular weight is 975 g/mol. The normalized spacial score (nSPS) is 45.3. The number of methoxy groups -OCH3 is 1. The van der Waals surface area contributed by atoms with Crippen molar-refractivity contribution in [1.29, 1.82) is 0 Å². The van der Waals surface area contributed by atoms with Gasteiger partial charge in [-0.05, 0) is 120 Å². The van der Waals surface area contributed by atoms with Crippen molar-refractivity contribution in [3.05, 3.63) is 0 Å². The number of aliphatic hydroxyl groups is 6. The Morgan fingerprint density at radius 3 is 2.18 bits per heavy atom. The van der Waals surface area contributed by atoms with Crippen molar-refractivity contribution in [3.63, 3.8) is 0 Å². The van der Waals surface area contributed by atoms with Crippen molar-refractivity contribution in [1.82, 2.24) is 20.0 Å². The number of cyclic esters (lactones) is 1. The van der Waals surface area contributed by atoms with Crippen LogP contribution in [0.3, 0.4) is 0 Å². The monoisotopic (exact) mass is 975 g/mol. The summed E-state index contributed by atoms with van der Waals surface area (Å²) in [5, 5.41) is 73.8. The first-order chi connectivity index (χ1) is 31.5. The highest BCUT2D eigenvalue weighted by molar-refractivity contribution is 5.82. The molecule has 0 spiro atoms. The molecule has 0 saturated carbocycles. The molecule has 0 aliphatic carbocycles. The van der Waals surface area contributed by atoms with Gasteiger partial charge in [-0.25, -0.2) is 0 Å². The van der Waals surface area contributed by atoms with Crippen molar-refractivity contribution < 1.29 is 68.6 Å². The highest BCUT2D eigenvalue weighted by atomic mass is 16.7. The Morgan fingerprint density at radius 2 is 1.59 bits per heavy atom. The summed E-state index contributed by atoms with van der Waals surface area (Å²) < 4.78 is 38.2. The maximum atomic E-state index is 14.5. The molecule has 22 atom stereocenters. The lowest BCUT2D eigenvalue weighted by atomic mass is 9.77. The molecule has 4 saturated heterocycles. The summed E-state index contributed by atoms with van der Waals surface area (Å²) in [4.78, 5) is 34.0. The summed E-state index contributed by atoms with van der Waals surface area (Å²) in [6.45, 7) is 22.6. The molecule has 0 aromatic rings. The third-order valence-corrected chi connectivity index (χ3v) is 16.1. The number of ether oxygens (including phenoxy) is 6. The van der Waals surface area contributed by atoms with Gasteiger partial charge in [0.1, 0.15) is 30.0 Å². The lowest BCUT2D eigenvalue weighted by Gasteiger charge is -2.49. The van der Waals surface area contributed by atoms with Crippen LogP contribution < -0.4 is 5.32 Å². The number of esters is 1. The fraction of sp³-hybridized carbons (Fsp3) is 0.960. The second-order valence-electron chi connectivity index (χ2n) is 22.3. The molecule has 68 heavy (non-hydrogen) atoms. The summed E-state index contributed by atoms with van der Waals surface area (Å²) in [7, 11) is 7.11. The van der Waals surface area contributed by atoms with Gasteiger partial charge in [-0.15, -0.1) is 0 Å². The summed E-state index contributed by atoms with van der Waals surface area (Å²) in [5.41, 5.74) is -4.59. The quantitative estimate of drug-likeness (QED) is 0.124. The van der Waals surface area contributed by atoms with Crippen molar-refractivity contribution in [3.8, 4) is 0 Å². The molecule has 1 amide bonds. The number of amides is 1. The summed E-state index contributed by atoms with van der Waals surface area (Å²) >= 11 is 0. The lowest BCUT2D eigenvalue weighted by Crippen LogP contribution is -2.62. The van der Waals surface area contributed by atoms with E-state index in [2.05, 4.69) is 17.1 Å². The van der Waals surface area contributed by atoms with Crippen molar-refractivity contribution in [2.24, 2.45) is 23.7 Å². The number of rotatable bonds is 14. The topological polar surface area (TPSA) is 233 Å². The third kappa shape index (κ3) is 13.9. The molecule has 7 N–H and O–H groups in total. The van der Waals surface area contributed by atoms with E-state index in [0.717, 1.165) is 25.8 Å². The van der Waals surface area contributed by atoms with Gasteiger partial charge in [0, 0.05) is 51.2 Å². The maximum absolute atomic E-state index is 14.5. The van der Waals surface area contributed by atoms with E-state index in [4.69, 9.17) is 28.4 Å². The Labute approximate surface area is 407 Å². The number of aliphatic hydroxyl groups excluding tert-OH is 4. The lowest BCUT2D eigenvalue weighted by molar-refractivity contribution is -0.318. The number of likely N-dealkylation sites (N-methyl/N-ethyl adjacent to an activating group) is 3. The zero-order valence-corrected chi connectivity index (χ0v) is 44.3. The molecule has 18 heteroatoms. The van der Waals surface area contributed by atoms with Crippen molar-refractivity contribution in [2.75, 3.05) is 47.9 Å². The zero-order chi connectivity index (χ0) is 51.4. The molecular weight excluding hydrogens is 881 g/mol. The molecule has 4 aliphatic heterocycles. The van der Waals surface area contributed by atoms with Gasteiger partial charge in [-0.1, -0.05) is 34.1 Å². The largest absolute Gasteiger partial charge is 0.459 e. The first-order valence-corrected chi connectivity index (χ1v) is 25.5. The predicted octanol–water partition coefficient (Wildman–Crippen LogP) is 2.26. The molecule has 4 rings (SSSR count). The number of nitrogens with one attached hydrogen (secondary N) is 1. The number of hydrogen-bond acceptors (Lipinski definition) is 17. The first-order valence-electron chi connectivity index (χ1n) is 25.5. The molecule has 0 radical (unpaired) electrons. The SMILES string of the molecule is CCC[C@@H]1C[C@@H](C(=O)N[C@@H](CN(C)[C@H]2C[C@@H](C)O[C@@H](O[C@@H]3[C@@H](C)[C@H](O[C@H]4C[C@@](C)(OC)[C@@H](O)[C@H](C)O4)[C@@H](C)C(=O)O[C@H](CC)[C@@](C)(O)[C@H](O)[C@@H](C)N(C)C[C@H](C)C[C@@]3(C)O)[C@@H]2O)[C@H](C)O)N(C)C1. The van der Waals surface area contributed by atoms with E-state index in [1.165, 1.54) is 14.0 Å². The smallest absolute Gasteiger partial charge is 0.311 e. The fourth-order valence-electron chi connectivity index (χ4n) is 11.7. The molecule has 0 aromatic carbocycles. The van der Waals surface area contributed by atoms with Crippen LogP contribution in [-0.4, -0.2) is 214 Å². The second kappa shape index (κ2) is 24.4. The van der Waals surface area contributed by atoms with Crippen LogP contribution in [0.5, 0.6) is 0 Å². The minimum absolute atomic E-state index is 0.0856. The van der Waals surface area contributed by atoms with Crippen LogP contribution in [0.2, 0.25) is 0 Å². The van der Waals surface area contributed by atoms with E-state index in [-0.39, 0.29) is 43.7 Å². The first kappa shape index (κ1) is 58.9. The molecule has 4 heterocycles. The minimum atomic E-state index is -1.85. The Balaban J connectivity index is 1.73. The van der Waals surface area contributed by atoms with Crippen LogP contribution in [0.15, 0.2) is 0 Å². The molecule has 4 fully saturated rings. The van der Waals surface area contributed by atoms with Crippen molar-refractivity contribution in [2.45, 2.75) is 237 Å². The Morgan fingerprint density at radius 1 is 0.941 bits per heavy atom. The van der Waals surface area contributed by atoms with Crippen LogP contribution in [0.1, 0.15) is 128 Å². The van der Waals surface area contributed by atoms with Gasteiger partial charge in [0.25, 0.3) is 0 Å². The standard InChI is InChI=1S/C50H94N4O14/c1-17-19-34-21-37(53(14)25-34)45(59)51-35(32(8)55)26-54(15)36-20-28(4)64-47(40(36)56)68-44-29(5)41(67-39-23-49(11,63-16)43(58)33(9)65-39)30(6)46(60)66-38(18-2)50(12,62)42(57)31(7)52(13)24-27(3)22-48(44,10)61/h27-44,47,55-58,61-62H,17-26H2,1-16H3,(H,51,59)/t27-,28-,29+,30-,31-,32+,33+,34-,35+,36+,37+,38-,39+,40-,41+,42-,43+,44-,47+,48-,49-,50-/m1/s1. The Bertz CT molecular complexity index is 1590. The number of likely N-dealkylation sites (tertiary alicyclic amines) is 1. The zero-order valence-electron chi connectivity index (χ0n) is 44.3. The van der Waals surface area contributed by atoms with Gasteiger partial charge in [-0.3, -0.25) is 19.4 Å². The van der Waals surface area contributed by atoms with E-state index >= 15 is 0 Å². The Kier molecular flexibility index (Phi) is 21.2. The van der Waals surface area contributed by atoms with Gasteiger partial charge in [-0.2, -0.15) is 0 Å². The van der Waals surface area contributed by atoms with Crippen molar-refractivity contribution >= 4 is 11.9 Å². The van der Waals surface area contributed by atoms with E-state index < -0.39 is 120 Å². The summed E-state index contributed by atoms with van der Waals surface area (Å²) in [6.07, 6.45) is -7.65. The van der Waals surface area contributed by atoms with E-state index in [1.54, 1.807) is 55.4 Å². The van der Waals surface area contributed by atoms with Gasteiger partial charge >= 0.3 is 5.97 Å². The molecule has 0 bridgehead atoms. The number of hydrogen-bond donors (Lipinski definition) is 7. The van der Waals surface area contributed by atoms with Crippen LogP contribution in [0.25, 0.3) is 0 Å².